The van der Waals surface area contributed by atoms with E-state index in [0.29, 0.717) is 6.61 Å². The zero-order valence-electron chi connectivity index (χ0n) is 24.1. The predicted octanol–water partition coefficient (Wildman–Crippen LogP) is 7.16. The van der Waals surface area contributed by atoms with Crippen molar-refractivity contribution >= 4 is 0 Å². The maximum Gasteiger partial charge on any atom is 0.176 e. The Balaban J connectivity index is 1.48. The summed E-state index contributed by atoms with van der Waals surface area (Å²) in [4.78, 5) is 0. The molecule has 0 saturated carbocycles. The largest absolute Gasteiger partial charge is 0.374 e. The third-order valence-electron chi connectivity index (χ3n) is 7.51. The normalized spacial score (nSPS) is 13.5. The second-order valence-corrected chi connectivity index (χ2v) is 10.4. The fourth-order valence-corrected chi connectivity index (χ4v) is 5.17. The van der Waals surface area contributed by atoms with E-state index < -0.39 is 17.3 Å². The summed E-state index contributed by atoms with van der Waals surface area (Å²) >= 11 is 0. The van der Waals surface area contributed by atoms with E-state index in [4.69, 9.17) is 20.6 Å². The van der Waals surface area contributed by atoms with Crippen molar-refractivity contribution in [3.05, 3.63) is 179 Å². The number of ether oxygens (including phenoxy) is 3. The molecular formula is C39H36O4. The zero-order chi connectivity index (χ0) is 29.8. The minimum Gasteiger partial charge on any atom is -0.374 e. The van der Waals surface area contributed by atoms with Crippen LogP contribution in [0.25, 0.3) is 0 Å². The van der Waals surface area contributed by atoms with Crippen LogP contribution in [0.4, 0.5) is 0 Å². The summed E-state index contributed by atoms with van der Waals surface area (Å²) in [6.45, 7) is 0.470. The zero-order valence-corrected chi connectivity index (χ0v) is 24.1. The molecule has 2 atom stereocenters. The van der Waals surface area contributed by atoms with Gasteiger partial charge in [0.25, 0.3) is 0 Å². The van der Waals surface area contributed by atoms with E-state index in [0.717, 1.165) is 27.8 Å². The van der Waals surface area contributed by atoms with Crippen LogP contribution in [0.1, 0.15) is 27.8 Å². The molecule has 216 valence electrons. The molecule has 4 heteroatoms. The second kappa shape index (κ2) is 14.6. The maximum atomic E-state index is 12.1. The molecule has 4 nitrogen and oxygen atoms in total. The van der Waals surface area contributed by atoms with Gasteiger partial charge in [-0.15, -0.1) is 6.42 Å². The quantitative estimate of drug-likeness (QED) is 0.114. The van der Waals surface area contributed by atoms with E-state index in [-0.39, 0.29) is 19.8 Å². The fraction of sp³-hybridized carbons (Fsp3) is 0.179. The van der Waals surface area contributed by atoms with E-state index in [1.54, 1.807) is 0 Å². The molecule has 5 aromatic carbocycles. The van der Waals surface area contributed by atoms with Gasteiger partial charge in [-0.2, -0.15) is 0 Å². The molecule has 0 aliphatic carbocycles. The van der Waals surface area contributed by atoms with Gasteiger partial charge in [0.15, 0.2) is 5.60 Å². The Bertz CT molecular complexity index is 1450. The Hall–Kier alpha value is -4.50. The Kier molecular flexibility index (Phi) is 10.2. The average molecular weight is 569 g/mol. The van der Waals surface area contributed by atoms with Crippen LogP contribution in [-0.4, -0.2) is 30.0 Å². The average Bonchev–Trinajstić information content (AvgIpc) is 3.09. The van der Waals surface area contributed by atoms with Crippen molar-refractivity contribution in [2.75, 3.05) is 13.2 Å². The summed E-state index contributed by atoms with van der Waals surface area (Å²) in [5.41, 5.74) is 1.85. The predicted molar refractivity (Wildman–Crippen MR) is 170 cm³/mol. The van der Waals surface area contributed by atoms with Gasteiger partial charge >= 0.3 is 0 Å². The first kappa shape index (κ1) is 30.0. The lowest BCUT2D eigenvalue weighted by atomic mass is 9.80. The molecule has 0 aliphatic rings. The van der Waals surface area contributed by atoms with Crippen molar-refractivity contribution in [3.8, 4) is 12.3 Å². The number of terminal acetylenes is 1. The number of hydrogen-bond acceptors (Lipinski definition) is 4. The highest BCUT2D eigenvalue weighted by atomic mass is 16.6. The van der Waals surface area contributed by atoms with Crippen LogP contribution in [0.5, 0.6) is 0 Å². The molecule has 0 aliphatic heterocycles. The molecule has 0 bridgehead atoms. The van der Waals surface area contributed by atoms with E-state index in [1.807, 2.05) is 152 Å². The molecule has 0 unspecified atom stereocenters. The van der Waals surface area contributed by atoms with Crippen molar-refractivity contribution in [1.29, 1.82) is 0 Å². The highest BCUT2D eigenvalue weighted by Gasteiger charge is 2.43. The second-order valence-electron chi connectivity index (χ2n) is 10.4. The Morgan fingerprint density at radius 2 is 0.977 bits per heavy atom. The number of benzene rings is 5. The Labute approximate surface area is 254 Å². The van der Waals surface area contributed by atoms with E-state index in [9.17, 15) is 5.11 Å². The van der Waals surface area contributed by atoms with Gasteiger partial charge in [-0.1, -0.05) is 158 Å². The minimum absolute atomic E-state index is 0.0702. The molecule has 1 N–H and O–H groups in total. The van der Waals surface area contributed by atoms with Gasteiger partial charge in [-0.05, 0) is 27.8 Å². The van der Waals surface area contributed by atoms with Gasteiger partial charge in [0.1, 0.15) is 11.7 Å². The van der Waals surface area contributed by atoms with Crippen molar-refractivity contribution in [1.82, 2.24) is 0 Å². The van der Waals surface area contributed by atoms with Gasteiger partial charge in [0.05, 0.1) is 26.4 Å². The SMILES string of the molecule is C#C[C@@](O)(COC(c1ccccc1)(c1ccccc1)c1ccccc1)[C@H](COCc1ccccc1)OCc1ccccc1. The fourth-order valence-electron chi connectivity index (χ4n) is 5.17. The Morgan fingerprint density at radius 1 is 0.581 bits per heavy atom. The van der Waals surface area contributed by atoms with E-state index in [2.05, 4.69) is 5.92 Å². The Morgan fingerprint density at radius 3 is 1.40 bits per heavy atom. The van der Waals surface area contributed by atoms with Crippen LogP contribution in [0.15, 0.2) is 152 Å². The monoisotopic (exact) mass is 568 g/mol. The summed E-state index contributed by atoms with van der Waals surface area (Å²) in [6.07, 6.45) is 5.22. The van der Waals surface area contributed by atoms with Crippen molar-refractivity contribution < 1.29 is 19.3 Å². The molecule has 0 aromatic heterocycles. The summed E-state index contributed by atoms with van der Waals surface area (Å²) < 4.78 is 19.3. The van der Waals surface area contributed by atoms with E-state index >= 15 is 0 Å². The lowest BCUT2D eigenvalue weighted by Gasteiger charge is -2.39. The van der Waals surface area contributed by atoms with Crippen LogP contribution in [0, 0.1) is 12.3 Å². The highest BCUT2D eigenvalue weighted by Crippen LogP contribution is 2.41. The minimum atomic E-state index is -1.81. The third-order valence-corrected chi connectivity index (χ3v) is 7.51. The first-order valence-corrected chi connectivity index (χ1v) is 14.4. The third kappa shape index (κ3) is 7.29. The van der Waals surface area contributed by atoms with Crippen molar-refractivity contribution in [3.63, 3.8) is 0 Å². The molecule has 0 saturated heterocycles. The van der Waals surface area contributed by atoms with Gasteiger partial charge in [0, 0.05) is 0 Å². The highest BCUT2D eigenvalue weighted by molar-refractivity contribution is 5.47. The summed E-state index contributed by atoms with van der Waals surface area (Å²) in [7, 11) is 0. The first-order chi connectivity index (χ1) is 21.1. The molecule has 5 aromatic rings. The summed E-state index contributed by atoms with van der Waals surface area (Å²) in [5.74, 6) is 2.62. The standard InChI is InChI=1S/C39H36O4/c1-2-38(40,37(42-29-33-20-10-4-11-21-33)30-41-28-32-18-8-3-9-19-32)31-43-39(34-22-12-5-13-23-34,35-24-14-6-15-25-35)36-26-16-7-17-27-36/h1,3-27,37,40H,28-31H2/t37-,38+/m0/s1. The summed E-state index contributed by atoms with van der Waals surface area (Å²) in [6, 6.07) is 49.6. The van der Waals surface area contributed by atoms with Crippen LogP contribution in [0.3, 0.4) is 0 Å². The molecule has 0 spiro atoms. The van der Waals surface area contributed by atoms with Crippen LogP contribution < -0.4 is 0 Å². The van der Waals surface area contributed by atoms with Crippen molar-refractivity contribution in [2.45, 2.75) is 30.5 Å². The topological polar surface area (TPSA) is 47.9 Å². The molecule has 0 fully saturated rings. The number of hydrogen-bond donors (Lipinski definition) is 1. The summed E-state index contributed by atoms with van der Waals surface area (Å²) in [5, 5.41) is 12.1. The van der Waals surface area contributed by atoms with E-state index in [1.165, 1.54) is 0 Å². The van der Waals surface area contributed by atoms with Gasteiger partial charge in [0.2, 0.25) is 0 Å². The lowest BCUT2D eigenvalue weighted by molar-refractivity contribution is -0.157. The molecule has 0 amide bonds. The molecule has 0 heterocycles. The molecule has 43 heavy (non-hydrogen) atoms. The maximum absolute atomic E-state index is 12.1. The van der Waals surface area contributed by atoms with Gasteiger partial charge in [-0.25, -0.2) is 0 Å². The smallest absolute Gasteiger partial charge is 0.176 e. The number of rotatable bonds is 14. The van der Waals surface area contributed by atoms with Crippen LogP contribution >= 0.6 is 0 Å². The molecule has 5 rings (SSSR count). The molecule has 0 radical (unpaired) electrons. The van der Waals surface area contributed by atoms with Gasteiger partial charge in [-0.3, -0.25) is 0 Å². The molecular weight excluding hydrogens is 532 g/mol. The lowest BCUT2D eigenvalue weighted by Crippen LogP contribution is -2.51. The van der Waals surface area contributed by atoms with Crippen LogP contribution in [0.2, 0.25) is 0 Å². The van der Waals surface area contributed by atoms with Crippen molar-refractivity contribution in [2.24, 2.45) is 0 Å². The first-order valence-electron chi connectivity index (χ1n) is 14.4. The van der Waals surface area contributed by atoms with Gasteiger partial charge < -0.3 is 19.3 Å². The number of aliphatic hydroxyl groups is 1. The van der Waals surface area contributed by atoms with Crippen LogP contribution in [-0.2, 0) is 33.0 Å².